The Balaban J connectivity index is 1.58. The zero-order chi connectivity index (χ0) is 24.9. The highest BCUT2D eigenvalue weighted by Gasteiger charge is 2.59. The van der Waals surface area contributed by atoms with Crippen LogP contribution in [0.3, 0.4) is 0 Å². The van der Waals surface area contributed by atoms with E-state index in [0.29, 0.717) is 5.57 Å². The number of aliphatic hydroxyl groups excluding tert-OH is 7. The summed E-state index contributed by atoms with van der Waals surface area (Å²) in [4.78, 5) is 13.0. The van der Waals surface area contributed by atoms with E-state index in [4.69, 9.17) is 23.7 Å². The molecule has 1 aliphatic carbocycles. The van der Waals surface area contributed by atoms with Crippen molar-refractivity contribution in [3.63, 3.8) is 0 Å². The molecule has 7 N–H and O–H groups in total. The van der Waals surface area contributed by atoms with Crippen LogP contribution in [0.15, 0.2) is 24.0 Å². The standard InChI is InChI=1S/C21H30O13/c1-7-5-10(23)21(34-20-17(29)14(26)12(24)8(2)31-20)3-4-30-18(11(7)21)33-19-16(28)15(27)13(25)9(6-22)32-19/h3-5,8-9,11-20,22,24-29H,6H2,1-2H3/t8-,9+,11-,12-,13+,14+,15-,16+,17+,18-,19-,20-,21+/m0/s1. The highest BCUT2D eigenvalue weighted by atomic mass is 16.8. The lowest BCUT2D eigenvalue weighted by molar-refractivity contribution is -0.353. The second-order valence-electron chi connectivity index (χ2n) is 8.96. The van der Waals surface area contributed by atoms with Gasteiger partial charge in [0.05, 0.1) is 24.9 Å². The van der Waals surface area contributed by atoms with Gasteiger partial charge in [-0.1, -0.05) is 5.57 Å². The quantitative estimate of drug-likeness (QED) is 0.199. The first-order valence-corrected chi connectivity index (χ1v) is 10.9. The van der Waals surface area contributed by atoms with Crippen molar-refractivity contribution in [1.82, 2.24) is 0 Å². The van der Waals surface area contributed by atoms with Crippen molar-refractivity contribution < 1.29 is 64.2 Å². The van der Waals surface area contributed by atoms with E-state index in [9.17, 15) is 40.5 Å². The zero-order valence-electron chi connectivity index (χ0n) is 18.4. The first kappa shape index (κ1) is 25.6. The number of hydrogen-bond donors (Lipinski definition) is 7. The van der Waals surface area contributed by atoms with Crippen LogP contribution in [0.1, 0.15) is 13.8 Å². The Morgan fingerprint density at radius 1 is 0.912 bits per heavy atom. The van der Waals surface area contributed by atoms with Gasteiger partial charge in [0.15, 0.2) is 24.0 Å². The monoisotopic (exact) mass is 490 g/mol. The Labute approximate surface area is 194 Å². The summed E-state index contributed by atoms with van der Waals surface area (Å²) in [5.41, 5.74) is -1.32. The smallest absolute Gasteiger partial charge is 0.211 e. The maximum atomic E-state index is 13.0. The number of fused-ring (bicyclic) bond motifs is 1. The molecule has 0 aromatic rings. The molecule has 0 bridgehead atoms. The molecule has 4 rings (SSSR count). The molecule has 34 heavy (non-hydrogen) atoms. The molecular weight excluding hydrogens is 460 g/mol. The third-order valence-electron chi connectivity index (χ3n) is 6.73. The first-order chi connectivity index (χ1) is 16.0. The lowest BCUT2D eigenvalue weighted by Crippen LogP contribution is -2.63. The number of ether oxygens (including phenoxy) is 5. The van der Waals surface area contributed by atoms with Gasteiger partial charge >= 0.3 is 0 Å². The van der Waals surface area contributed by atoms with Gasteiger partial charge in [0.2, 0.25) is 6.29 Å². The van der Waals surface area contributed by atoms with E-state index in [0.717, 1.165) is 6.26 Å². The van der Waals surface area contributed by atoms with E-state index < -0.39 is 91.6 Å². The van der Waals surface area contributed by atoms with Crippen molar-refractivity contribution in [1.29, 1.82) is 0 Å². The van der Waals surface area contributed by atoms with Crippen molar-refractivity contribution in [3.8, 4) is 0 Å². The molecule has 0 amide bonds. The fourth-order valence-electron chi connectivity index (χ4n) is 4.70. The molecule has 192 valence electrons. The molecule has 2 fully saturated rings. The van der Waals surface area contributed by atoms with E-state index in [1.165, 1.54) is 19.1 Å². The minimum atomic E-state index is -1.78. The Bertz CT molecular complexity index is 829. The van der Waals surface area contributed by atoms with Crippen LogP contribution in [0, 0.1) is 5.92 Å². The Morgan fingerprint density at radius 2 is 1.56 bits per heavy atom. The first-order valence-electron chi connectivity index (χ1n) is 10.9. The van der Waals surface area contributed by atoms with Gasteiger partial charge in [-0.2, -0.15) is 0 Å². The van der Waals surface area contributed by atoms with E-state index in [2.05, 4.69) is 0 Å². The normalized spacial score (nSPS) is 51.1. The molecule has 3 heterocycles. The van der Waals surface area contributed by atoms with E-state index in [1.54, 1.807) is 6.92 Å². The lowest BCUT2D eigenvalue weighted by Gasteiger charge is -2.46. The zero-order valence-corrected chi connectivity index (χ0v) is 18.4. The topological polar surface area (TPSA) is 205 Å². The average molecular weight is 490 g/mol. The summed E-state index contributed by atoms with van der Waals surface area (Å²) in [5, 5.41) is 70.2. The molecule has 13 heteroatoms. The van der Waals surface area contributed by atoms with Gasteiger partial charge in [0, 0.05) is 0 Å². The van der Waals surface area contributed by atoms with Crippen LogP contribution in [0.5, 0.6) is 0 Å². The largest absolute Gasteiger partial charge is 0.472 e. The average Bonchev–Trinajstić information content (AvgIpc) is 3.06. The van der Waals surface area contributed by atoms with Crippen molar-refractivity contribution in [2.75, 3.05) is 6.61 Å². The van der Waals surface area contributed by atoms with E-state index in [1.807, 2.05) is 0 Å². The maximum Gasteiger partial charge on any atom is 0.211 e. The highest BCUT2D eigenvalue weighted by molar-refractivity contribution is 6.03. The van der Waals surface area contributed by atoms with Crippen LogP contribution >= 0.6 is 0 Å². The Morgan fingerprint density at radius 3 is 2.24 bits per heavy atom. The van der Waals surface area contributed by atoms with Gasteiger partial charge in [-0.05, 0) is 26.0 Å². The van der Waals surface area contributed by atoms with Gasteiger partial charge in [-0.15, -0.1) is 0 Å². The molecular formula is C21H30O13. The van der Waals surface area contributed by atoms with Gasteiger partial charge in [-0.25, -0.2) is 0 Å². The Hall–Kier alpha value is -1.49. The minimum Gasteiger partial charge on any atom is -0.472 e. The van der Waals surface area contributed by atoms with Gasteiger partial charge in [0.25, 0.3) is 0 Å². The number of aliphatic hydroxyl groups is 7. The summed E-state index contributed by atoms with van der Waals surface area (Å²) in [6.07, 6.45) is -12.3. The molecule has 0 spiro atoms. The van der Waals surface area contributed by atoms with Crippen molar-refractivity contribution in [2.45, 2.75) is 87.2 Å². The fourth-order valence-corrected chi connectivity index (χ4v) is 4.70. The number of ketones is 1. The second-order valence-corrected chi connectivity index (χ2v) is 8.96. The third kappa shape index (κ3) is 4.10. The summed E-state index contributed by atoms with van der Waals surface area (Å²) in [6, 6.07) is 0. The summed E-state index contributed by atoms with van der Waals surface area (Å²) >= 11 is 0. The van der Waals surface area contributed by atoms with Crippen molar-refractivity contribution in [3.05, 3.63) is 24.0 Å². The number of carbonyl (C=O) groups is 1. The molecule has 3 aliphatic heterocycles. The minimum absolute atomic E-state index is 0.461. The van der Waals surface area contributed by atoms with Crippen LogP contribution in [0.2, 0.25) is 0 Å². The molecule has 0 saturated carbocycles. The Kier molecular flexibility index (Phi) is 7.17. The molecule has 2 saturated heterocycles. The molecule has 4 aliphatic rings. The molecule has 13 atom stereocenters. The SMILES string of the molecule is CC1=CC(=O)[C@]2(O[C@@H]3O[C@@H](C)[C@H](O)[C@@H](O)[C@H]3O)C=CO[C@@H](O[C@@H]3O[C@H](CO)[C@@H](O)[C@H](O)[C@H]3O)[C@H]12. The predicted molar refractivity (Wildman–Crippen MR) is 107 cm³/mol. The van der Waals surface area contributed by atoms with Gasteiger partial charge < -0.3 is 59.4 Å². The summed E-state index contributed by atoms with van der Waals surface area (Å²) in [6.45, 7) is 2.42. The van der Waals surface area contributed by atoms with E-state index >= 15 is 0 Å². The third-order valence-corrected chi connectivity index (χ3v) is 6.73. The highest BCUT2D eigenvalue weighted by Crippen LogP contribution is 2.45. The second kappa shape index (κ2) is 9.52. The lowest BCUT2D eigenvalue weighted by atomic mass is 9.83. The van der Waals surface area contributed by atoms with Crippen LogP contribution in [0.4, 0.5) is 0 Å². The predicted octanol–water partition coefficient (Wildman–Crippen LogP) is -3.60. The molecule has 0 aromatic heterocycles. The summed E-state index contributed by atoms with van der Waals surface area (Å²) in [5.74, 6) is -1.49. The number of carbonyl (C=O) groups excluding carboxylic acids is 1. The van der Waals surface area contributed by atoms with Crippen molar-refractivity contribution in [2.24, 2.45) is 5.92 Å². The number of hydrogen-bond acceptors (Lipinski definition) is 13. The van der Waals surface area contributed by atoms with E-state index in [-0.39, 0.29) is 0 Å². The fraction of sp³-hybridized carbons (Fsp3) is 0.762. The van der Waals surface area contributed by atoms with Crippen LogP contribution in [-0.4, -0.2) is 121 Å². The molecule has 13 nitrogen and oxygen atoms in total. The van der Waals surface area contributed by atoms with Gasteiger partial charge in [0.1, 0.15) is 42.7 Å². The van der Waals surface area contributed by atoms with Crippen LogP contribution in [-0.2, 0) is 28.5 Å². The maximum absolute atomic E-state index is 13.0. The summed E-state index contributed by atoms with van der Waals surface area (Å²) < 4.78 is 28.1. The van der Waals surface area contributed by atoms with Crippen LogP contribution in [0.25, 0.3) is 0 Å². The molecule has 0 radical (unpaired) electrons. The van der Waals surface area contributed by atoms with Crippen molar-refractivity contribution >= 4 is 5.78 Å². The molecule has 0 aromatic carbocycles. The van der Waals surface area contributed by atoms with Crippen LogP contribution < -0.4 is 0 Å². The number of rotatable bonds is 5. The molecule has 0 unspecified atom stereocenters. The van der Waals surface area contributed by atoms with Gasteiger partial charge in [-0.3, -0.25) is 4.79 Å². The summed E-state index contributed by atoms with van der Waals surface area (Å²) in [7, 11) is 0.